The van der Waals surface area contributed by atoms with Gasteiger partial charge in [0.2, 0.25) is 0 Å². The first-order chi connectivity index (χ1) is 6.24. The van der Waals surface area contributed by atoms with Crippen LogP contribution in [0, 0.1) is 5.92 Å². The first-order valence-electron chi connectivity index (χ1n) is 4.45. The molecule has 0 amide bonds. The molecular formula is C9H16N2O2. The number of aliphatic hydroxyl groups excluding tert-OH is 1. The molecule has 1 aromatic heterocycles. The predicted octanol–water partition coefficient (Wildman–Crippen LogP) is 0.781. The standard InChI is InChI=1S/C9H16N2O2/c1-7(5-12)8(2)11-4-9-3-10-6-13-9/h3,6-8,11-12H,4-5H2,1-2H3. The molecule has 4 heteroatoms. The third kappa shape index (κ3) is 3.16. The molecule has 0 spiro atoms. The molecule has 2 N–H and O–H groups in total. The van der Waals surface area contributed by atoms with Crippen LogP contribution in [0.5, 0.6) is 0 Å². The van der Waals surface area contributed by atoms with Crippen molar-refractivity contribution >= 4 is 0 Å². The van der Waals surface area contributed by atoms with Crippen molar-refractivity contribution < 1.29 is 9.52 Å². The smallest absolute Gasteiger partial charge is 0.180 e. The molecular weight excluding hydrogens is 168 g/mol. The van der Waals surface area contributed by atoms with Crippen LogP contribution in [-0.2, 0) is 6.54 Å². The van der Waals surface area contributed by atoms with E-state index in [1.807, 2.05) is 13.8 Å². The van der Waals surface area contributed by atoms with Crippen LogP contribution in [0.2, 0.25) is 0 Å². The predicted molar refractivity (Wildman–Crippen MR) is 49.1 cm³/mol. The van der Waals surface area contributed by atoms with Gasteiger partial charge in [-0.2, -0.15) is 0 Å². The average molecular weight is 184 g/mol. The zero-order valence-electron chi connectivity index (χ0n) is 8.03. The van der Waals surface area contributed by atoms with Crippen LogP contribution < -0.4 is 5.32 Å². The fourth-order valence-electron chi connectivity index (χ4n) is 0.950. The Morgan fingerprint density at radius 2 is 2.38 bits per heavy atom. The molecule has 0 radical (unpaired) electrons. The summed E-state index contributed by atoms with van der Waals surface area (Å²) in [6.45, 7) is 4.89. The summed E-state index contributed by atoms with van der Waals surface area (Å²) < 4.78 is 5.06. The second-order valence-corrected chi connectivity index (χ2v) is 3.30. The van der Waals surface area contributed by atoms with E-state index in [1.54, 1.807) is 6.20 Å². The zero-order chi connectivity index (χ0) is 9.68. The van der Waals surface area contributed by atoms with Crippen molar-refractivity contribution in [3.8, 4) is 0 Å². The summed E-state index contributed by atoms with van der Waals surface area (Å²) in [4.78, 5) is 3.81. The van der Waals surface area contributed by atoms with E-state index in [0.717, 1.165) is 5.76 Å². The van der Waals surface area contributed by atoms with Crippen LogP contribution >= 0.6 is 0 Å². The number of nitrogens with zero attached hydrogens (tertiary/aromatic N) is 1. The van der Waals surface area contributed by atoms with E-state index >= 15 is 0 Å². The molecule has 0 aliphatic carbocycles. The second-order valence-electron chi connectivity index (χ2n) is 3.30. The van der Waals surface area contributed by atoms with Gasteiger partial charge >= 0.3 is 0 Å². The highest BCUT2D eigenvalue weighted by Crippen LogP contribution is 2.02. The maximum Gasteiger partial charge on any atom is 0.180 e. The van der Waals surface area contributed by atoms with Gasteiger partial charge in [-0.05, 0) is 12.8 Å². The monoisotopic (exact) mass is 184 g/mol. The van der Waals surface area contributed by atoms with Crippen molar-refractivity contribution in [3.05, 3.63) is 18.4 Å². The normalized spacial score (nSPS) is 15.6. The van der Waals surface area contributed by atoms with Gasteiger partial charge in [0.15, 0.2) is 6.39 Å². The summed E-state index contributed by atoms with van der Waals surface area (Å²) in [5, 5.41) is 12.1. The molecule has 0 fully saturated rings. The van der Waals surface area contributed by atoms with Gasteiger partial charge in [0.25, 0.3) is 0 Å². The van der Waals surface area contributed by atoms with E-state index in [1.165, 1.54) is 6.39 Å². The van der Waals surface area contributed by atoms with Gasteiger partial charge in [-0.15, -0.1) is 0 Å². The molecule has 13 heavy (non-hydrogen) atoms. The van der Waals surface area contributed by atoms with Gasteiger partial charge in [0.05, 0.1) is 12.7 Å². The number of aromatic nitrogens is 1. The summed E-state index contributed by atoms with van der Waals surface area (Å²) in [6, 6.07) is 0.273. The highest BCUT2D eigenvalue weighted by molar-refractivity contribution is 4.88. The van der Waals surface area contributed by atoms with Crippen molar-refractivity contribution in [1.29, 1.82) is 0 Å². The van der Waals surface area contributed by atoms with E-state index in [9.17, 15) is 0 Å². The zero-order valence-corrected chi connectivity index (χ0v) is 8.03. The van der Waals surface area contributed by atoms with Crippen molar-refractivity contribution in [3.63, 3.8) is 0 Å². The molecule has 0 saturated carbocycles. The van der Waals surface area contributed by atoms with E-state index in [4.69, 9.17) is 9.52 Å². The van der Waals surface area contributed by atoms with Crippen molar-refractivity contribution in [2.45, 2.75) is 26.4 Å². The molecule has 1 heterocycles. The van der Waals surface area contributed by atoms with Gasteiger partial charge in [-0.25, -0.2) is 4.98 Å². The second kappa shape index (κ2) is 4.99. The fourth-order valence-corrected chi connectivity index (χ4v) is 0.950. The van der Waals surface area contributed by atoms with Crippen LogP contribution in [0.4, 0.5) is 0 Å². The average Bonchev–Trinajstić information content (AvgIpc) is 2.65. The highest BCUT2D eigenvalue weighted by atomic mass is 16.3. The van der Waals surface area contributed by atoms with E-state index < -0.39 is 0 Å². The number of nitrogens with one attached hydrogen (secondary N) is 1. The minimum atomic E-state index is 0.199. The van der Waals surface area contributed by atoms with E-state index in [2.05, 4.69) is 10.3 Å². The maximum absolute atomic E-state index is 8.89. The molecule has 2 atom stereocenters. The van der Waals surface area contributed by atoms with Crippen molar-refractivity contribution in [2.75, 3.05) is 6.61 Å². The van der Waals surface area contributed by atoms with Gasteiger partial charge in [-0.1, -0.05) is 6.92 Å². The Labute approximate surface area is 78.0 Å². The Kier molecular flexibility index (Phi) is 3.92. The third-order valence-corrected chi connectivity index (χ3v) is 2.22. The summed E-state index contributed by atoms with van der Waals surface area (Å²) in [6.07, 6.45) is 3.10. The maximum atomic E-state index is 8.89. The molecule has 0 bridgehead atoms. The van der Waals surface area contributed by atoms with Gasteiger partial charge < -0.3 is 14.8 Å². The lowest BCUT2D eigenvalue weighted by molar-refractivity contribution is 0.205. The topological polar surface area (TPSA) is 58.3 Å². The fraction of sp³-hybridized carbons (Fsp3) is 0.667. The molecule has 1 rings (SSSR count). The molecule has 0 aliphatic heterocycles. The molecule has 1 aromatic rings. The Bertz CT molecular complexity index is 224. The van der Waals surface area contributed by atoms with Crippen LogP contribution in [0.25, 0.3) is 0 Å². The quantitative estimate of drug-likeness (QED) is 0.710. The van der Waals surface area contributed by atoms with Crippen LogP contribution in [0.3, 0.4) is 0 Å². The Hall–Kier alpha value is -0.870. The third-order valence-electron chi connectivity index (χ3n) is 2.22. The number of rotatable bonds is 5. The summed E-state index contributed by atoms with van der Waals surface area (Å²) in [5.41, 5.74) is 0. The Morgan fingerprint density at radius 1 is 1.62 bits per heavy atom. The first-order valence-corrected chi connectivity index (χ1v) is 4.45. The Balaban J connectivity index is 2.26. The first kappa shape index (κ1) is 10.2. The minimum absolute atomic E-state index is 0.199. The lowest BCUT2D eigenvalue weighted by Crippen LogP contribution is -2.33. The molecule has 74 valence electrons. The van der Waals surface area contributed by atoms with Gasteiger partial charge in [0, 0.05) is 12.6 Å². The number of hydrogen-bond donors (Lipinski definition) is 2. The van der Waals surface area contributed by atoms with Crippen LogP contribution in [-0.4, -0.2) is 22.7 Å². The van der Waals surface area contributed by atoms with E-state index in [-0.39, 0.29) is 18.6 Å². The van der Waals surface area contributed by atoms with Gasteiger partial charge in [0.1, 0.15) is 5.76 Å². The summed E-state index contributed by atoms with van der Waals surface area (Å²) >= 11 is 0. The number of aliphatic hydroxyl groups is 1. The SMILES string of the molecule is CC(CO)C(C)NCc1cnco1. The van der Waals surface area contributed by atoms with Crippen molar-refractivity contribution in [1.82, 2.24) is 10.3 Å². The van der Waals surface area contributed by atoms with Gasteiger partial charge in [-0.3, -0.25) is 0 Å². The summed E-state index contributed by atoms with van der Waals surface area (Å²) in [7, 11) is 0. The minimum Gasteiger partial charge on any atom is -0.447 e. The van der Waals surface area contributed by atoms with Crippen LogP contribution in [0.15, 0.2) is 17.0 Å². The highest BCUT2D eigenvalue weighted by Gasteiger charge is 2.10. The molecule has 0 aliphatic rings. The number of oxazole rings is 1. The molecule has 2 unspecified atom stereocenters. The Morgan fingerprint density at radius 3 is 2.92 bits per heavy atom. The van der Waals surface area contributed by atoms with Crippen LogP contribution in [0.1, 0.15) is 19.6 Å². The number of hydrogen-bond acceptors (Lipinski definition) is 4. The summed E-state index contributed by atoms with van der Waals surface area (Å²) in [5.74, 6) is 1.07. The molecule has 4 nitrogen and oxygen atoms in total. The lowest BCUT2D eigenvalue weighted by Gasteiger charge is -2.18. The van der Waals surface area contributed by atoms with Crippen molar-refractivity contribution in [2.24, 2.45) is 5.92 Å². The molecule has 0 aromatic carbocycles. The molecule has 0 saturated heterocycles. The van der Waals surface area contributed by atoms with E-state index in [0.29, 0.717) is 6.54 Å². The lowest BCUT2D eigenvalue weighted by atomic mass is 10.1. The largest absolute Gasteiger partial charge is 0.447 e.